The molecule has 49 heavy (non-hydrogen) atoms. The molecule has 19 heteroatoms. The van der Waals surface area contributed by atoms with Crippen LogP contribution in [0, 0.1) is 11.6 Å². The first-order chi connectivity index (χ1) is 23.2. The van der Waals surface area contributed by atoms with Crippen molar-refractivity contribution >= 4 is 78.2 Å². The van der Waals surface area contributed by atoms with E-state index in [1.54, 1.807) is 34.9 Å². The van der Waals surface area contributed by atoms with Gasteiger partial charge in [-0.1, -0.05) is 35.3 Å². The average molecular weight is 737 g/mol. The third kappa shape index (κ3) is 5.61. The molecule has 0 spiro atoms. The van der Waals surface area contributed by atoms with Crippen LogP contribution in [-0.2, 0) is 10.0 Å². The number of anilines is 4. The molecular formula is C30H19Cl2F5N8O3S. The van der Waals surface area contributed by atoms with E-state index in [-0.39, 0.29) is 32.7 Å². The lowest BCUT2D eigenvalue weighted by Gasteiger charge is -2.48. The Morgan fingerprint density at radius 3 is 2.43 bits per heavy atom. The first-order valence-electron chi connectivity index (χ1n) is 14.0. The Balaban J connectivity index is 1.22. The Hall–Kier alpha value is -4.84. The van der Waals surface area contributed by atoms with Gasteiger partial charge >= 0.3 is 6.18 Å². The molecule has 6 aromatic rings. The Kier molecular flexibility index (Phi) is 7.77. The number of rotatable bonds is 7. The van der Waals surface area contributed by atoms with E-state index in [0.717, 1.165) is 24.5 Å². The zero-order chi connectivity index (χ0) is 34.9. The van der Waals surface area contributed by atoms with Crippen molar-refractivity contribution in [3.05, 3.63) is 95.0 Å². The lowest BCUT2D eigenvalue weighted by atomic mass is 9.92. The third-order valence-corrected chi connectivity index (χ3v) is 10.2. The van der Waals surface area contributed by atoms with Crippen LogP contribution in [0.3, 0.4) is 0 Å². The monoisotopic (exact) mass is 736 g/mol. The van der Waals surface area contributed by atoms with E-state index in [0.29, 0.717) is 16.7 Å². The predicted octanol–water partition coefficient (Wildman–Crippen LogP) is 6.61. The summed E-state index contributed by atoms with van der Waals surface area (Å²) in [5.74, 6) is -2.28. The summed E-state index contributed by atoms with van der Waals surface area (Å²) in [6.45, 7) is -1.32. The van der Waals surface area contributed by atoms with Crippen LogP contribution in [0.5, 0.6) is 0 Å². The Morgan fingerprint density at radius 1 is 0.918 bits per heavy atom. The number of imidazole rings is 1. The highest BCUT2D eigenvalue weighted by Crippen LogP contribution is 2.42. The van der Waals surface area contributed by atoms with Gasteiger partial charge in [-0.25, -0.2) is 37.1 Å². The fourth-order valence-electron chi connectivity index (χ4n) is 5.31. The number of aliphatic hydroxyl groups is 1. The first-order valence-corrected chi connectivity index (χ1v) is 16.2. The number of hydrogen-bond donors (Lipinski definition) is 3. The topological polar surface area (TPSA) is 138 Å². The molecule has 0 aliphatic carbocycles. The van der Waals surface area contributed by atoms with Gasteiger partial charge in [-0.15, -0.1) is 0 Å². The molecule has 0 amide bonds. The van der Waals surface area contributed by atoms with Crippen molar-refractivity contribution < 1.29 is 35.5 Å². The molecule has 1 aliphatic heterocycles. The van der Waals surface area contributed by atoms with Crippen LogP contribution < -0.4 is 14.9 Å². The van der Waals surface area contributed by atoms with Crippen molar-refractivity contribution in [2.45, 2.75) is 16.7 Å². The van der Waals surface area contributed by atoms with Crippen molar-refractivity contribution in [2.24, 2.45) is 0 Å². The van der Waals surface area contributed by atoms with Gasteiger partial charge in [-0.2, -0.15) is 13.2 Å². The van der Waals surface area contributed by atoms with Gasteiger partial charge < -0.3 is 15.3 Å². The number of para-hydroxylation sites is 1. The highest BCUT2D eigenvalue weighted by atomic mass is 35.5. The molecule has 0 saturated carbocycles. The number of pyridine rings is 1. The fraction of sp³-hybridized carbons (Fsp3) is 0.133. The van der Waals surface area contributed by atoms with E-state index >= 15 is 8.78 Å². The van der Waals surface area contributed by atoms with Gasteiger partial charge in [0.25, 0.3) is 10.0 Å². The van der Waals surface area contributed by atoms with E-state index < -0.39 is 62.8 Å². The van der Waals surface area contributed by atoms with Crippen LogP contribution in [0.25, 0.3) is 27.9 Å². The molecule has 7 rings (SSSR count). The maximum atomic E-state index is 15.7. The first kappa shape index (κ1) is 32.7. The summed E-state index contributed by atoms with van der Waals surface area (Å²) in [7, 11) is -4.46. The zero-order valence-corrected chi connectivity index (χ0v) is 26.7. The van der Waals surface area contributed by atoms with Crippen molar-refractivity contribution in [3.63, 3.8) is 0 Å². The normalized spacial score (nSPS) is 14.7. The van der Waals surface area contributed by atoms with E-state index in [2.05, 4.69) is 30.0 Å². The number of nitrogens with zero attached hydrogens (tertiary/aromatic N) is 6. The number of sulfonamides is 1. The molecule has 0 atom stereocenters. The number of halogens is 7. The highest BCUT2D eigenvalue weighted by Gasteiger charge is 2.61. The van der Waals surface area contributed by atoms with Crippen molar-refractivity contribution in [1.82, 2.24) is 24.5 Å². The number of benzene rings is 3. The summed E-state index contributed by atoms with van der Waals surface area (Å²) in [6.07, 6.45) is -2.26. The van der Waals surface area contributed by atoms with Crippen LogP contribution in [0.2, 0.25) is 10.0 Å². The Morgan fingerprint density at radius 2 is 1.67 bits per heavy atom. The van der Waals surface area contributed by atoms with Gasteiger partial charge in [-0.3, -0.25) is 9.29 Å². The number of nitrogens with one attached hydrogen (secondary N) is 2. The molecule has 3 aromatic carbocycles. The van der Waals surface area contributed by atoms with E-state index in [1.807, 2.05) is 0 Å². The van der Waals surface area contributed by atoms with E-state index in [9.17, 15) is 26.7 Å². The minimum absolute atomic E-state index is 0.0482. The van der Waals surface area contributed by atoms with Crippen molar-refractivity contribution in [2.75, 3.05) is 28.0 Å². The number of fused-ring (bicyclic) bond motifs is 2. The summed E-state index contributed by atoms with van der Waals surface area (Å²) in [5.41, 5.74) is -2.67. The largest absolute Gasteiger partial charge is 0.420 e. The Labute approximate surface area is 283 Å². The van der Waals surface area contributed by atoms with Crippen molar-refractivity contribution in [1.29, 1.82) is 0 Å². The molecule has 4 heterocycles. The van der Waals surface area contributed by atoms with Crippen LogP contribution in [0.15, 0.2) is 78.2 Å². The minimum atomic E-state index is -4.79. The second-order valence-corrected chi connectivity index (χ2v) is 13.4. The quantitative estimate of drug-likeness (QED) is 0.155. The van der Waals surface area contributed by atoms with E-state index in [4.69, 9.17) is 23.2 Å². The van der Waals surface area contributed by atoms with Gasteiger partial charge in [0, 0.05) is 0 Å². The van der Waals surface area contributed by atoms with Crippen LogP contribution in [0.1, 0.15) is 0 Å². The van der Waals surface area contributed by atoms with Gasteiger partial charge in [0.05, 0.1) is 45.5 Å². The van der Waals surface area contributed by atoms with Gasteiger partial charge in [0.1, 0.15) is 45.9 Å². The van der Waals surface area contributed by atoms with Crippen LogP contribution in [-0.4, -0.2) is 62.9 Å². The minimum Gasteiger partial charge on any atom is -0.378 e. The molecule has 0 unspecified atom stereocenters. The summed E-state index contributed by atoms with van der Waals surface area (Å²) in [5, 5.41) is 12.1. The zero-order valence-electron chi connectivity index (χ0n) is 24.3. The molecule has 0 radical (unpaired) electrons. The molecule has 252 valence electrons. The van der Waals surface area contributed by atoms with Crippen LogP contribution in [0.4, 0.5) is 44.8 Å². The lowest BCUT2D eigenvalue weighted by Crippen LogP contribution is -2.69. The van der Waals surface area contributed by atoms with Gasteiger partial charge in [0.2, 0.25) is 0 Å². The number of hydrogen-bond acceptors (Lipinski definition) is 9. The standard InChI is InChI=1S/C30H19Cl2F5N8O3S/c31-15-3-1-6-21(23(15)32)49(47,48)43-17-8-7-16(33)25(24(17)34)42-28-26-18(38-13-39-28)9-10-22(41-26)45-14-40-27-19(4-2-5-20(27)45)44-11-29(46,12-44)30(35,36)37/h1-10,13-14,43,46H,11-12H2,(H,38,39,42). The molecule has 1 fully saturated rings. The average Bonchev–Trinajstić information content (AvgIpc) is 3.48. The maximum Gasteiger partial charge on any atom is 0.420 e. The molecule has 11 nitrogen and oxygen atoms in total. The second-order valence-electron chi connectivity index (χ2n) is 11.0. The number of alkyl halides is 3. The molecule has 1 saturated heterocycles. The van der Waals surface area contributed by atoms with Gasteiger partial charge in [0.15, 0.2) is 17.2 Å². The van der Waals surface area contributed by atoms with Crippen molar-refractivity contribution in [3.8, 4) is 5.82 Å². The summed E-state index contributed by atoms with van der Waals surface area (Å²) < 4.78 is 100. The van der Waals surface area contributed by atoms with Crippen LogP contribution >= 0.6 is 23.2 Å². The number of aromatic nitrogens is 5. The SMILES string of the molecule is O=S(=O)(Nc1ccc(F)c(Nc2ncnc3ccc(-n4cnc5c(N6CC(O)(C(F)(F)F)C6)cccc54)nc23)c1F)c1cccc(Cl)c1Cl. The fourth-order valence-corrected chi connectivity index (χ4v) is 7.13. The predicted molar refractivity (Wildman–Crippen MR) is 172 cm³/mol. The molecule has 3 N–H and O–H groups in total. The lowest BCUT2D eigenvalue weighted by molar-refractivity contribution is -0.267. The number of β-amino-alcohol motifs (C(OH)–C–C–N with tert-alkyl or cyclic N) is 1. The summed E-state index contributed by atoms with van der Waals surface area (Å²) in [6, 6.07) is 13.6. The molecule has 3 aromatic heterocycles. The summed E-state index contributed by atoms with van der Waals surface area (Å²) in [4.78, 5) is 18.1. The second kappa shape index (κ2) is 11.6. The smallest absolute Gasteiger partial charge is 0.378 e. The van der Waals surface area contributed by atoms with Gasteiger partial charge in [-0.05, 0) is 48.5 Å². The maximum absolute atomic E-state index is 15.7. The summed E-state index contributed by atoms with van der Waals surface area (Å²) >= 11 is 12.0. The molecular weight excluding hydrogens is 718 g/mol. The Bertz CT molecular complexity index is 2410. The molecule has 1 aliphatic rings. The van der Waals surface area contributed by atoms with E-state index in [1.165, 1.54) is 23.4 Å². The third-order valence-electron chi connectivity index (χ3n) is 7.83. The highest BCUT2D eigenvalue weighted by molar-refractivity contribution is 7.92. The molecule has 0 bridgehead atoms.